The predicted molar refractivity (Wildman–Crippen MR) is 74.8 cm³/mol. The zero-order valence-corrected chi connectivity index (χ0v) is 11.8. The largest absolute Gasteiger partial charge is 0.368 e. The summed E-state index contributed by atoms with van der Waals surface area (Å²) in [5.74, 6) is -0.249. The van der Waals surface area contributed by atoms with Gasteiger partial charge in [-0.3, -0.25) is 4.79 Å². The summed E-state index contributed by atoms with van der Waals surface area (Å²) in [5, 5.41) is 5.52. The lowest BCUT2D eigenvalue weighted by Crippen LogP contribution is -2.26. The number of rotatable bonds is 7. The van der Waals surface area contributed by atoms with E-state index in [0.29, 0.717) is 19.0 Å². The van der Waals surface area contributed by atoms with E-state index in [4.69, 9.17) is 0 Å². The molecule has 0 bridgehead atoms. The van der Waals surface area contributed by atoms with Crippen molar-refractivity contribution in [2.45, 2.75) is 33.6 Å². The van der Waals surface area contributed by atoms with Gasteiger partial charge in [0.05, 0.1) is 5.56 Å². The first-order chi connectivity index (χ1) is 9.06. The number of pyridine rings is 1. The maximum atomic E-state index is 14.0. The van der Waals surface area contributed by atoms with Gasteiger partial charge in [-0.15, -0.1) is 0 Å². The van der Waals surface area contributed by atoms with Crippen LogP contribution in [0.4, 0.5) is 10.2 Å². The van der Waals surface area contributed by atoms with Gasteiger partial charge in [0.25, 0.3) is 5.91 Å². The number of anilines is 1. The minimum Gasteiger partial charge on any atom is -0.368 e. The van der Waals surface area contributed by atoms with E-state index in [9.17, 15) is 9.18 Å². The van der Waals surface area contributed by atoms with Crippen LogP contribution in [0.25, 0.3) is 0 Å². The number of nitrogens with zero attached hydrogens (tertiary/aromatic N) is 1. The first-order valence-corrected chi connectivity index (χ1v) is 6.72. The fraction of sp³-hybridized carbons (Fsp3) is 0.571. The maximum absolute atomic E-state index is 14.0. The number of aromatic nitrogens is 1. The van der Waals surface area contributed by atoms with Crippen LogP contribution >= 0.6 is 0 Å². The van der Waals surface area contributed by atoms with Crippen LogP contribution in [0.5, 0.6) is 0 Å². The molecule has 0 saturated heterocycles. The van der Waals surface area contributed by atoms with Crippen molar-refractivity contribution in [1.82, 2.24) is 10.3 Å². The van der Waals surface area contributed by atoms with Crippen molar-refractivity contribution in [2.75, 3.05) is 18.4 Å². The summed E-state index contributed by atoms with van der Waals surface area (Å²) in [6, 6.07) is 1.40. The molecule has 0 aromatic carbocycles. The van der Waals surface area contributed by atoms with Crippen molar-refractivity contribution in [3.05, 3.63) is 23.6 Å². The van der Waals surface area contributed by atoms with Crippen molar-refractivity contribution in [2.24, 2.45) is 5.92 Å². The average Bonchev–Trinajstić information content (AvgIpc) is 2.37. The van der Waals surface area contributed by atoms with Crippen LogP contribution in [0.2, 0.25) is 0 Å². The number of hydrogen-bond donors (Lipinski definition) is 2. The van der Waals surface area contributed by atoms with Gasteiger partial charge in [0, 0.05) is 19.3 Å². The lowest BCUT2D eigenvalue weighted by molar-refractivity contribution is 0.0948. The van der Waals surface area contributed by atoms with E-state index in [2.05, 4.69) is 29.5 Å². The lowest BCUT2D eigenvalue weighted by Gasteiger charge is -2.09. The van der Waals surface area contributed by atoms with E-state index in [-0.39, 0.29) is 17.3 Å². The third-order valence-corrected chi connectivity index (χ3v) is 2.72. The number of nitrogens with one attached hydrogen (secondary N) is 2. The summed E-state index contributed by atoms with van der Waals surface area (Å²) in [6.07, 6.45) is 3.38. The number of amides is 1. The molecule has 0 saturated carbocycles. The highest BCUT2D eigenvalue weighted by molar-refractivity contribution is 5.95. The molecule has 0 unspecified atom stereocenters. The second-order valence-corrected chi connectivity index (χ2v) is 4.84. The zero-order valence-electron chi connectivity index (χ0n) is 11.8. The SMILES string of the molecule is CCNc1nccc(C(=O)NCCCC(C)C)c1F. The Morgan fingerprint density at radius 2 is 2.21 bits per heavy atom. The fourth-order valence-electron chi connectivity index (χ4n) is 1.72. The van der Waals surface area contributed by atoms with Gasteiger partial charge in [-0.2, -0.15) is 0 Å². The van der Waals surface area contributed by atoms with Crippen molar-refractivity contribution in [3.63, 3.8) is 0 Å². The van der Waals surface area contributed by atoms with Crippen molar-refractivity contribution >= 4 is 11.7 Å². The second kappa shape index (κ2) is 7.71. The summed E-state index contributed by atoms with van der Waals surface area (Å²) in [7, 11) is 0. The lowest BCUT2D eigenvalue weighted by atomic mass is 10.1. The third kappa shape index (κ3) is 4.85. The van der Waals surface area contributed by atoms with Crippen molar-refractivity contribution in [3.8, 4) is 0 Å². The predicted octanol–water partition coefficient (Wildman–Crippen LogP) is 2.82. The summed E-state index contributed by atoms with van der Waals surface area (Å²) < 4.78 is 14.0. The Bertz CT molecular complexity index is 421. The van der Waals surface area contributed by atoms with Crippen LogP contribution in [0.15, 0.2) is 12.3 Å². The van der Waals surface area contributed by atoms with Crippen LogP contribution in [-0.2, 0) is 0 Å². The normalized spacial score (nSPS) is 10.6. The molecule has 0 aliphatic rings. The molecule has 0 radical (unpaired) electrons. The molecule has 0 spiro atoms. The Kier molecular flexibility index (Phi) is 6.25. The van der Waals surface area contributed by atoms with Gasteiger partial charge in [-0.05, 0) is 31.7 Å². The minimum absolute atomic E-state index is 0.0375. The molecule has 19 heavy (non-hydrogen) atoms. The quantitative estimate of drug-likeness (QED) is 0.747. The van der Waals surface area contributed by atoms with Crippen LogP contribution in [0, 0.1) is 11.7 Å². The van der Waals surface area contributed by atoms with Crippen LogP contribution in [0.1, 0.15) is 44.0 Å². The van der Waals surface area contributed by atoms with Gasteiger partial charge in [0.1, 0.15) is 0 Å². The monoisotopic (exact) mass is 267 g/mol. The first kappa shape index (κ1) is 15.4. The van der Waals surface area contributed by atoms with E-state index in [1.165, 1.54) is 12.3 Å². The van der Waals surface area contributed by atoms with Crippen LogP contribution < -0.4 is 10.6 Å². The Morgan fingerprint density at radius 1 is 1.47 bits per heavy atom. The molecular formula is C14H22FN3O. The number of carbonyl (C=O) groups excluding carboxylic acids is 1. The second-order valence-electron chi connectivity index (χ2n) is 4.84. The Balaban J connectivity index is 2.59. The average molecular weight is 267 g/mol. The smallest absolute Gasteiger partial charge is 0.254 e. The molecule has 1 amide bonds. The first-order valence-electron chi connectivity index (χ1n) is 6.72. The highest BCUT2D eigenvalue weighted by Gasteiger charge is 2.15. The highest BCUT2D eigenvalue weighted by Crippen LogP contribution is 2.14. The molecule has 5 heteroatoms. The molecule has 106 valence electrons. The van der Waals surface area contributed by atoms with Gasteiger partial charge in [0.2, 0.25) is 0 Å². The number of halogens is 1. The van der Waals surface area contributed by atoms with Gasteiger partial charge >= 0.3 is 0 Å². The van der Waals surface area contributed by atoms with E-state index in [1.807, 2.05) is 6.92 Å². The van der Waals surface area contributed by atoms with E-state index in [1.54, 1.807) is 0 Å². The fourth-order valence-corrected chi connectivity index (χ4v) is 1.72. The van der Waals surface area contributed by atoms with Crippen LogP contribution in [0.3, 0.4) is 0 Å². The molecule has 1 aromatic rings. The molecule has 0 fully saturated rings. The van der Waals surface area contributed by atoms with Crippen molar-refractivity contribution in [1.29, 1.82) is 0 Å². The third-order valence-electron chi connectivity index (χ3n) is 2.72. The molecular weight excluding hydrogens is 245 g/mol. The Morgan fingerprint density at radius 3 is 2.84 bits per heavy atom. The molecule has 4 nitrogen and oxygen atoms in total. The zero-order chi connectivity index (χ0) is 14.3. The topological polar surface area (TPSA) is 54.0 Å². The molecule has 2 N–H and O–H groups in total. The number of carbonyl (C=O) groups is 1. The standard InChI is InChI=1S/C14H22FN3O/c1-4-16-13-12(15)11(7-9-17-13)14(19)18-8-5-6-10(2)3/h7,9-10H,4-6,8H2,1-3H3,(H,16,17)(H,18,19). The van der Waals surface area contributed by atoms with Gasteiger partial charge in [-0.1, -0.05) is 13.8 Å². The van der Waals surface area contributed by atoms with E-state index in [0.717, 1.165) is 12.8 Å². The summed E-state index contributed by atoms with van der Waals surface area (Å²) >= 11 is 0. The van der Waals surface area contributed by atoms with Gasteiger partial charge < -0.3 is 10.6 Å². The van der Waals surface area contributed by atoms with E-state index < -0.39 is 5.82 Å². The molecule has 0 aliphatic heterocycles. The Labute approximate surface area is 113 Å². The molecule has 0 aliphatic carbocycles. The molecule has 0 atom stereocenters. The minimum atomic E-state index is -0.592. The van der Waals surface area contributed by atoms with Gasteiger partial charge in [-0.25, -0.2) is 9.37 Å². The molecule has 1 heterocycles. The van der Waals surface area contributed by atoms with Crippen LogP contribution in [-0.4, -0.2) is 24.0 Å². The summed E-state index contributed by atoms with van der Waals surface area (Å²) in [5.41, 5.74) is 0.0375. The van der Waals surface area contributed by atoms with Crippen molar-refractivity contribution < 1.29 is 9.18 Å². The van der Waals surface area contributed by atoms with E-state index >= 15 is 0 Å². The summed E-state index contributed by atoms with van der Waals surface area (Å²) in [6.45, 7) is 7.23. The van der Waals surface area contributed by atoms with Gasteiger partial charge in [0.15, 0.2) is 11.6 Å². The number of hydrogen-bond acceptors (Lipinski definition) is 3. The molecule has 1 aromatic heterocycles. The maximum Gasteiger partial charge on any atom is 0.254 e. The molecule has 1 rings (SSSR count). The Hall–Kier alpha value is -1.65. The summed E-state index contributed by atoms with van der Waals surface area (Å²) in [4.78, 5) is 15.7. The highest BCUT2D eigenvalue weighted by atomic mass is 19.1.